The summed E-state index contributed by atoms with van der Waals surface area (Å²) >= 11 is 0. The van der Waals surface area contributed by atoms with Gasteiger partial charge in [0.05, 0.1) is 5.69 Å². The predicted molar refractivity (Wildman–Crippen MR) is 97.7 cm³/mol. The van der Waals surface area contributed by atoms with Crippen LogP contribution in [0.15, 0.2) is 28.8 Å². The van der Waals surface area contributed by atoms with E-state index in [1.165, 1.54) is 24.0 Å². The minimum Gasteiger partial charge on any atom is -0.481 e. The third kappa shape index (κ3) is 4.30. The fraction of sp³-hybridized carbons (Fsp3) is 0.524. The maximum absolute atomic E-state index is 10.9. The number of hydrogen-bond donors (Lipinski definition) is 1. The summed E-state index contributed by atoms with van der Waals surface area (Å²) in [6.07, 6.45) is 4.13. The van der Waals surface area contributed by atoms with E-state index in [9.17, 15) is 4.79 Å². The molecule has 0 amide bonds. The van der Waals surface area contributed by atoms with Gasteiger partial charge in [-0.05, 0) is 49.1 Å². The second kappa shape index (κ2) is 7.42. The summed E-state index contributed by atoms with van der Waals surface area (Å²) in [5.74, 6) is 1.34. The van der Waals surface area contributed by atoms with Gasteiger partial charge in [0.2, 0.25) is 0 Å². The summed E-state index contributed by atoms with van der Waals surface area (Å²) in [4.78, 5) is 10.9. The van der Waals surface area contributed by atoms with E-state index < -0.39 is 5.97 Å². The van der Waals surface area contributed by atoms with Crippen molar-refractivity contribution >= 4 is 5.97 Å². The molecule has 0 saturated heterocycles. The lowest BCUT2D eigenvalue weighted by atomic mass is 9.92. The van der Waals surface area contributed by atoms with Crippen molar-refractivity contribution in [2.24, 2.45) is 5.92 Å². The maximum atomic E-state index is 10.9. The first-order chi connectivity index (χ1) is 12.0. The zero-order valence-corrected chi connectivity index (χ0v) is 15.3. The van der Waals surface area contributed by atoms with E-state index in [-0.39, 0.29) is 12.3 Å². The Bertz CT molecular complexity index is 743. The van der Waals surface area contributed by atoms with Gasteiger partial charge in [0.25, 0.3) is 0 Å². The van der Waals surface area contributed by atoms with E-state index in [1.807, 2.05) is 6.92 Å². The number of benzene rings is 1. The number of rotatable bonds is 8. The lowest BCUT2D eigenvalue weighted by Crippen LogP contribution is -2.02. The Morgan fingerprint density at radius 3 is 2.72 bits per heavy atom. The largest absolute Gasteiger partial charge is 0.481 e. The van der Waals surface area contributed by atoms with Gasteiger partial charge in [0.1, 0.15) is 0 Å². The first-order valence-corrected chi connectivity index (χ1v) is 9.26. The van der Waals surface area contributed by atoms with E-state index >= 15 is 0 Å². The monoisotopic (exact) mass is 341 g/mol. The van der Waals surface area contributed by atoms with Gasteiger partial charge >= 0.3 is 5.97 Å². The van der Waals surface area contributed by atoms with Crippen LogP contribution in [0, 0.1) is 5.92 Å². The van der Waals surface area contributed by atoms with Crippen molar-refractivity contribution in [1.29, 1.82) is 0 Å². The SMILES string of the molecule is CC(C)Cc1cccc(-c2onc(C(C)CCC(=O)O)c2C2CC2)c1. The molecule has 1 heterocycles. The smallest absolute Gasteiger partial charge is 0.303 e. The van der Waals surface area contributed by atoms with Gasteiger partial charge in [0, 0.05) is 23.5 Å². The molecule has 1 fully saturated rings. The zero-order chi connectivity index (χ0) is 18.0. The Morgan fingerprint density at radius 2 is 2.08 bits per heavy atom. The lowest BCUT2D eigenvalue weighted by molar-refractivity contribution is -0.137. The zero-order valence-electron chi connectivity index (χ0n) is 15.3. The number of carboxylic acids is 1. The van der Waals surface area contributed by atoms with Crippen LogP contribution in [-0.4, -0.2) is 16.2 Å². The third-order valence-corrected chi connectivity index (χ3v) is 4.83. The molecule has 134 valence electrons. The van der Waals surface area contributed by atoms with Crippen molar-refractivity contribution in [3.8, 4) is 11.3 Å². The summed E-state index contributed by atoms with van der Waals surface area (Å²) in [6, 6.07) is 8.53. The summed E-state index contributed by atoms with van der Waals surface area (Å²) in [7, 11) is 0. The van der Waals surface area contributed by atoms with Crippen molar-refractivity contribution in [3.63, 3.8) is 0 Å². The lowest BCUT2D eigenvalue weighted by Gasteiger charge is -2.10. The van der Waals surface area contributed by atoms with E-state index in [1.54, 1.807) is 0 Å². The topological polar surface area (TPSA) is 63.3 Å². The fourth-order valence-electron chi connectivity index (χ4n) is 3.43. The van der Waals surface area contributed by atoms with Crippen LogP contribution < -0.4 is 0 Å². The Labute approximate surface area is 149 Å². The van der Waals surface area contributed by atoms with Crippen molar-refractivity contribution in [2.45, 2.75) is 64.7 Å². The number of nitrogens with zero attached hydrogens (tertiary/aromatic N) is 1. The number of aliphatic carboxylic acids is 1. The van der Waals surface area contributed by atoms with Crippen LogP contribution >= 0.6 is 0 Å². The molecule has 1 aromatic heterocycles. The molecule has 0 aliphatic heterocycles. The molecule has 3 rings (SSSR count). The number of hydrogen-bond acceptors (Lipinski definition) is 3. The highest BCUT2D eigenvalue weighted by Gasteiger charge is 2.34. The number of carboxylic acid groups (broad SMARTS) is 1. The van der Waals surface area contributed by atoms with Gasteiger partial charge in [-0.25, -0.2) is 0 Å². The van der Waals surface area contributed by atoms with Gasteiger partial charge in [-0.3, -0.25) is 4.79 Å². The molecule has 1 N–H and O–H groups in total. The molecule has 25 heavy (non-hydrogen) atoms. The van der Waals surface area contributed by atoms with Crippen molar-refractivity contribution in [1.82, 2.24) is 5.16 Å². The van der Waals surface area contributed by atoms with Crippen LogP contribution in [0.5, 0.6) is 0 Å². The van der Waals surface area contributed by atoms with Crippen molar-refractivity contribution < 1.29 is 14.4 Å². The molecule has 1 atom stereocenters. The molecule has 1 saturated carbocycles. The van der Waals surface area contributed by atoms with Gasteiger partial charge < -0.3 is 9.63 Å². The van der Waals surface area contributed by atoms with E-state index in [4.69, 9.17) is 9.63 Å². The van der Waals surface area contributed by atoms with Crippen LogP contribution in [-0.2, 0) is 11.2 Å². The molecule has 1 unspecified atom stereocenters. The highest BCUT2D eigenvalue weighted by molar-refractivity contribution is 5.67. The van der Waals surface area contributed by atoms with Crippen molar-refractivity contribution in [3.05, 3.63) is 41.1 Å². The second-order valence-corrected chi connectivity index (χ2v) is 7.72. The highest BCUT2D eigenvalue weighted by atomic mass is 16.5. The van der Waals surface area contributed by atoms with E-state index in [0.29, 0.717) is 18.3 Å². The molecular formula is C21H27NO3. The average molecular weight is 341 g/mol. The summed E-state index contributed by atoms with van der Waals surface area (Å²) in [5, 5.41) is 13.3. The summed E-state index contributed by atoms with van der Waals surface area (Å²) in [6.45, 7) is 6.49. The second-order valence-electron chi connectivity index (χ2n) is 7.72. The van der Waals surface area contributed by atoms with Crippen LogP contribution in [0.1, 0.15) is 75.1 Å². The van der Waals surface area contributed by atoms with Gasteiger partial charge in [-0.2, -0.15) is 0 Å². The van der Waals surface area contributed by atoms with Crippen LogP contribution in [0.25, 0.3) is 11.3 Å². The predicted octanol–water partition coefficient (Wildman–Crippen LogP) is 5.39. The highest BCUT2D eigenvalue weighted by Crippen LogP contribution is 2.48. The molecule has 1 aromatic carbocycles. The quantitative estimate of drug-likeness (QED) is 0.699. The van der Waals surface area contributed by atoms with Crippen LogP contribution in [0.4, 0.5) is 0 Å². The van der Waals surface area contributed by atoms with Crippen LogP contribution in [0.2, 0.25) is 0 Å². The van der Waals surface area contributed by atoms with Crippen LogP contribution in [0.3, 0.4) is 0 Å². The normalized spacial score (nSPS) is 15.5. The summed E-state index contributed by atoms with van der Waals surface area (Å²) < 4.78 is 5.77. The molecule has 1 aliphatic rings. The number of aromatic nitrogens is 1. The first-order valence-electron chi connectivity index (χ1n) is 9.26. The van der Waals surface area contributed by atoms with Crippen molar-refractivity contribution in [2.75, 3.05) is 0 Å². The maximum Gasteiger partial charge on any atom is 0.303 e. The third-order valence-electron chi connectivity index (χ3n) is 4.83. The number of carbonyl (C=O) groups is 1. The Morgan fingerprint density at radius 1 is 1.32 bits per heavy atom. The molecule has 2 aromatic rings. The molecular weight excluding hydrogens is 314 g/mol. The standard InChI is InChI=1S/C21H27NO3/c1-13(2)11-15-5-4-6-17(12-15)21-19(16-8-9-16)20(22-25-21)14(3)7-10-18(23)24/h4-6,12-14,16H,7-11H2,1-3H3,(H,23,24). The Balaban J connectivity index is 1.91. The first kappa shape index (κ1) is 17.7. The van der Waals surface area contributed by atoms with Gasteiger partial charge in [-0.1, -0.05) is 44.1 Å². The molecule has 0 spiro atoms. The van der Waals surface area contributed by atoms with Gasteiger partial charge in [0.15, 0.2) is 5.76 Å². The molecule has 4 heteroatoms. The van der Waals surface area contributed by atoms with Gasteiger partial charge in [-0.15, -0.1) is 0 Å². The minimum absolute atomic E-state index is 0.100. The van der Waals surface area contributed by atoms with E-state index in [0.717, 1.165) is 23.4 Å². The molecule has 0 radical (unpaired) electrons. The average Bonchev–Trinajstić information content (AvgIpc) is 3.30. The Kier molecular flexibility index (Phi) is 5.26. The molecule has 4 nitrogen and oxygen atoms in total. The fourth-order valence-corrected chi connectivity index (χ4v) is 3.43. The Hall–Kier alpha value is -2.10. The molecule has 0 bridgehead atoms. The molecule has 1 aliphatic carbocycles. The minimum atomic E-state index is -0.759. The van der Waals surface area contributed by atoms with E-state index in [2.05, 4.69) is 43.3 Å². The summed E-state index contributed by atoms with van der Waals surface area (Å²) in [5.41, 5.74) is 4.56.